The first kappa shape index (κ1) is 16.1. The largest absolute Gasteiger partial charge is 0.390 e. The van der Waals surface area contributed by atoms with Crippen molar-refractivity contribution in [1.29, 1.82) is 0 Å². The van der Waals surface area contributed by atoms with Gasteiger partial charge in [-0.2, -0.15) is 0 Å². The van der Waals surface area contributed by atoms with Gasteiger partial charge in [0.15, 0.2) is 0 Å². The minimum Gasteiger partial charge on any atom is -0.390 e. The first-order valence-corrected chi connectivity index (χ1v) is 9.94. The van der Waals surface area contributed by atoms with Gasteiger partial charge in [-0.05, 0) is 86.4 Å². The van der Waals surface area contributed by atoms with Gasteiger partial charge in [-0.15, -0.1) is 0 Å². The zero-order valence-corrected chi connectivity index (χ0v) is 15.4. The summed E-state index contributed by atoms with van der Waals surface area (Å²) in [5.41, 5.74) is 0.00962. The van der Waals surface area contributed by atoms with E-state index in [-0.39, 0.29) is 11.3 Å². The Kier molecular flexibility index (Phi) is 3.39. The van der Waals surface area contributed by atoms with Crippen LogP contribution in [-0.2, 0) is 4.79 Å². The zero-order valence-electron chi connectivity index (χ0n) is 15.4. The van der Waals surface area contributed by atoms with E-state index in [0.29, 0.717) is 23.0 Å². The smallest absolute Gasteiger partial charge is 0.136 e. The molecule has 0 saturated heterocycles. The van der Waals surface area contributed by atoms with E-state index >= 15 is 0 Å². The monoisotopic (exact) mass is 318 g/mol. The summed E-state index contributed by atoms with van der Waals surface area (Å²) >= 11 is 0. The van der Waals surface area contributed by atoms with Crippen molar-refractivity contribution >= 4 is 5.78 Å². The van der Waals surface area contributed by atoms with Crippen LogP contribution in [0.15, 0.2) is 0 Å². The van der Waals surface area contributed by atoms with Crippen LogP contribution in [-0.4, -0.2) is 16.5 Å². The Hall–Kier alpha value is -0.370. The third-order valence-corrected chi connectivity index (χ3v) is 9.37. The van der Waals surface area contributed by atoms with E-state index in [4.69, 9.17) is 0 Å². The summed E-state index contributed by atoms with van der Waals surface area (Å²) in [4.78, 5) is 12.2. The van der Waals surface area contributed by atoms with Crippen molar-refractivity contribution in [3.8, 4) is 0 Å². The Morgan fingerprint density at radius 3 is 2.43 bits per heavy atom. The fourth-order valence-corrected chi connectivity index (χ4v) is 7.65. The second kappa shape index (κ2) is 4.84. The molecule has 4 fully saturated rings. The first-order chi connectivity index (χ1) is 10.7. The molecule has 2 heteroatoms. The van der Waals surface area contributed by atoms with Gasteiger partial charge in [0.1, 0.15) is 5.78 Å². The lowest BCUT2D eigenvalue weighted by molar-refractivity contribution is -0.158. The quantitative estimate of drug-likeness (QED) is 0.709. The molecule has 0 aromatic carbocycles. The van der Waals surface area contributed by atoms with E-state index in [0.717, 1.165) is 31.1 Å². The predicted octanol–water partition coefficient (Wildman–Crippen LogP) is 4.60. The van der Waals surface area contributed by atoms with Crippen LogP contribution in [0.2, 0.25) is 0 Å². The Morgan fingerprint density at radius 1 is 1.00 bits per heavy atom. The van der Waals surface area contributed by atoms with E-state index in [2.05, 4.69) is 27.7 Å². The van der Waals surface area contributed by atoms with Crippen LogP contribution < -0.4 is 0 Å². The number of hydrogen-bond donors (Lipinski definition) is 1. The molecule has 130 valence electrons. The molecule has 4 rings (SSSR count). The van der Waals surface area contributed by atoms with Crippen LogP contribution in [0.1, 0.15) is 79.1 Å². The van der Waals surface area contributed by atoms with E-state index in [1.165, 1.54) is 32.1 Å². The molecular weight excluding hydrogens is 284 g/mol. The minimum absolute atomic E-state index is 0.119. The van der Waals surface area contributed by atoms with E-state index in [9.17, 15) is 9.90 Å². The van der Waals surface area contributed by atoms with Gasteiger partial charge in [0.05, 0.1) is 5.60 Å². The highest BCUT2D eigenvalue weighted by Gasteiger charge is 2.63. The number of aliphatic hydroxyl groups is 1. The number of ketones is 1. The molecule has 0 bridgehead atoms. The second-order valence-corrected chi connectivity index (χ2v) is 10.2. The Labute approximate surface area is 141 Å². The Bertz CT molecular complexity index is 524. The predicted molar refractivity (Wildman–Crippen MR) is 91.9 cm³/mol. The normalized spacial score (nSPS) is 59.2. The van der Waals surface area contributed by atoms with Gasteiger partial charge >= 0.3 is 0 Å². The SMILES string of the molecule is C[C@H]1C[C@@]2(C)[C@@H](CC[C@@H]3[C@@H]2CC[C@@]2(C)[C@H]3CC[C@@]2(C)O)CC1=O. The number of hydrogen-bond acceptors (Lipinski definition) is 2. The Morgan fingerprint density at radius 2 is 1.70 bits per heavy atom. The third kappa shape index (κ3) is 2.00. The summed E-state index contributed by atoms with van der Waals surface area (Å²) in [6.45, 7) is 9.11. The lowest BCUT2D eigenvalue weighted by Gasteiger charge is -2.61. The maximum Gasteiger partial charge on any atom is 0.136 e. The maximum atomic E-state index is 12.2. The molecule has 23 heavy (non-hydrogen) atoms. The second-order valence-electron chi connectivity index (χ2n) is 10.2. The summed E-state index contributed by atoms with van der Waals surface area (Å²) in [5, 5.41) is 11.0. The fraction of sp³-hybridized carbons (Fsp3) is 0.952. The van der Waals surface area contributed by atoms with Gasteiger partial charge in [-0.1, -0.05) is 20.8 Å². The van der Waals surface area contributed by atoms with E-state index in [1.807, 2.05) is 0 Å². The fourth-order valence-electron chi connectivity index (χ4n) is 7.65. The van der Waals surface area contributed by atoms with Gasteiger partial charge in [-0.25, -0.2) is 0 Å². The number of carbonyl (C=O) groups is 1. The molecule has 1 N–H and O–H groups in total. The van der Waals surface area contributed by atoms with Crippen LogP contribution in [0.4, 0.5) is 0 Å². The van der Waals surface area contributed by atoms with Gasteiger partial charge < -0.3 is 5.11 Å². The molecule has 8 atom stereocenters. The Balaban J connectivity index is 1.66. The van der Waals surface area contributed by atoms with Crippen molar-refractivity contribution in [3.63, 3.8) is 0 Å². The molecule has 0 aromatic heterocycles. The number of fused-ring (bicyclic) bond motifs is 5. The van der Waals surface area contributed by atoms with Crippen molar-refractivity contribution in [2.24, 2.45) is 40.4 Å². The number of Topliss-reactive ketones (excluding diaryl/α,β-unsaturated/α-hetero) is 1. The lowest BCUT2D eigenvalue weighted by atomic mass is 9.44. The van der Waals surface area contributed by atoms with Crippen molar-refractivity contribution in [1.82, 2.24) is 0 Å². The molecule has 0 radical (unpaired) electrons. The molecule has 4 aliphatic rings. The van der Waals surface area contributed by atoms with Crippen LogP contribution >= 0.6 is 0 Å². The van der Waals surface area contributed by atoms with Crippen molar-refractivity contribution in [2.45, 2.75) is 84.7 Å². The molecule has 2 nitrogen and oxygen atoms in total. The summed E-state index contributed by atoms with van der Waals surface area (Å²) < 4.78 is 0. The van der Waals surface area contributed by atoms with Gasteiger partial charge in [0.2, 0.25) is 0 Å². The number of carbonyl (C=O) groups excluding carboxylic acids is 1. The molecule has 4 aliphatic carbocycles. The van der Waals surface area contributed by atoms with Gasteiger partial charge in [0, 0.05) is 12.3 Å². The molecule has 0 spiro atoms. The van der Waals surface area contributed by atoms with Gasteiger partial charge in [-0.3, -0.25) is 4.79 Å². The lowest BCUT2D eigenvalue weighted by Crippen LogP contribution is -2.56. The average molecular weight is 319 g/mol. The molecule has 4 saturated carbocycles. The van der Waals surface area contributed by atoms with Crippen molar-refractivity contribution in [3.05, 3.63) is 0 Å². The first-order valence-electron chi connectivity index (χ1n) is 9.94. The highest BCUT2D eigenvalue weighted by atomic mass is 16.3. The topological polar surface area (TPSA) is 37.3 Å². The molecule has 0 heterocycles. The highest BCUT2D eigenvalue weighted by molar-refractivity contribution is 5.82. The number of rotatable bonds is 0. The van der Waals surface area contributed by atoms with E-state index in [1.54, 1.807) is 0 Å². The summed E-state index contributed by atoms with van der Waals surface area (Å²) in [6.07, 6.45) is 9.11. The average Bonchev–Trinajstić information content (AvgIpc) is 2.71. The minimum atomic E-state index is -0.476. The third-order valence-electron chi connectivity index (χ3n) is 9.37. The molecule has 0 unspecified atom stereocenters. The van der Waals surface area contributed by atoms with E-state index < -0.39 is 5.60 Å². The zero-order chi connectivity index (χ0) is 16.6. The summed E-state index contributed by atoms with van der Waals surface area (Å²) in [7, 11) is 0. The van der Waals surface area contributed by atoms with Crippen LogP contribution in [0, 0.1) is 40.4 Å². The van der Waals surface area contributed by atoms with Crippen LogP contribution in [0.5, 0.6) is 0 Å². The van der Waals surface area contributed by atoms with Crippen LogP contribution in [0.25, 0.3) is 0 Å². The van der Waals surface area contributed by atoms with Crippen LogP contribution in [0.3, 0.4) is 0 Å². The summed E-state index contributed by atoms with van der Waals surface area (Å²) in [5.74, 6) is 3.65. The molecular formula is C21H34O2. The van der Waals surface area contributed by atoms with Gasteiger partial charge in [0.25, 0.3) is 0 Å². The standard InChI is InChI=1S/C21H34O2/c1-13-12-19(2)14(11-18(13)22)5-6-15-16(19)7-9-20(3)17(15)8-10-21(20,4)23/h13-17,23H,5-12H2,1-4H3/t13-,14-,15+,16-,17-,19-,20-,21+/m0/s1. The molecule has 0 amide bonds. The summed E-state index contributed by atoms with van der Waals surface area (Å²) in [6, 6.07) is 0. The van der Waals surface area contributed by atoms with Crippen molar-refractivity contribution in [2.75, 3.05) is 0 Å². The molecule has 0 aliphatic heterocycles. The molecule has 0 aromatic rings. The van der Waals surface area contributed by atoms with Crippen molar-refractivity contribution < 1.29 is 9.90 Å². The maximum absolute atomic E-state index is 12.2. The highest BCUT2D eigenvalue weighted by Crippen LogP contribution is 2.68.